The Bertz CT molecular complexity index is 1660. The fourth-order valence-electron chi connectivity index (χ4n) is 4.03. The number of methoxy groups -OCH3 is 1. The Morgan fingerprint density at radius 3 is 2.48 bits per heavy atom. The Morgan fingerprint density at radius 1 is 1.12 bits per heavy atom. The molecule has 0 aliphatic rings. The number of nitrogens with two attached hydrogens (primary N) is 1. The van der Waals surface area contributed by atoms with Gasteiger partial charge in [0.25, 0.3) is 17.9 Å². The van der Waals surface area contributed by atoms with Gasteiger partial charge >= 0.3 is 0 Å². The van der Waals surface area contributed by atoms with Gasteiger partial charge in [0.2, 0.25) is 5.91 Å². The second-order valence-corrected chi connectivity index (χ2v) is 9.85. The van der Waals surface area contributed by atoms with Crippen molar-refractivity contribution >= 4 is 40.4 Å². The molecule has 208 valence electrons. The number of rotatable bonds is 9. The normalized spacial score (nSPS) is 11.9. The molecule has 0 radical (unpaired) electrons. The first kappa shape index (κ1) is 28.8. The van der Waals surface area contributed by atoms with Gasteiger partial charge < -0.3 is 15.8 Å². The molecule has 0 fully saturated rings. The highest BCUT2D eigenvalue weighted by Crippen LogP contribution is 2.40. The smallest absolute Gasteiger partial charge is 0.291 e. The van der Waals surface area contributed by atoms with Crippen molar-refractivity contribution < 1.29 is 27.5 Å². The first-order valence-corrected chi connectivity index (χ1v) is 12.9. The molecular weight excluding hydrogens is 571 g/mol. The quantitative estimate of drug-likeness (QED) is 0.266. The summed E-state index contributed by atoms with van der Waals surface area (Å²) in [6.07, 6.45) is -1.27. The summed E-state index contributed by atoms with van der Waals surface area (Å²) < 4.78 is 47.1. The van der Waals surface area contributed by atoms with Crippen LogP contribution in [0, 0.1) is 5.82 Å². The van der Waals surface area contributed by atoms with Gasteiger partial charge in [0.1, 0.15) is 22.6 Å². The summed E-state index contributed by atoms with van der Waals surface area (Å²) in [5, 5.41) is 9.96. The van der Waals surface area contributed by atoms with Crippen LogP contribution in [-0.2, 0) is 4.79 Å². The third-order valence-electron chi connectivity index (χ3n) is 5.92. The van der Waals surface area contributed by atoms with E-state index in [4.69, 9.17) is 22.1 Å². The molecule has 4 rings (SSSR count). The number of benzene rings is 2. The Kier molecular flexibility index (Phi) is 8.55. The maximum Gasteiger partial charge on any atom is 0.291 e. The lowest BCUT2D eigenvalue weighted by molar-refractivity contribution is -0.119. The van der Waals surface area contributed by atoms with Crippen molar-refractivity contribution in [3.63, 3.8) is 0 Å². The number of primary amides is 1. The van der Waals surface area contributed by atoms with Crippen LogP contribution in [-0.4, -0.2) is 33.7 Å². The lowest BCUT2D eigenvalue weighted by atomic mass is 9.99. The maximum absolute atomic E-state index is 14.2. The highest BCUT2D eigenvalue weighted by molar-refractivity contribution is 7.14. The first-order chi connectivity index (χ1) is 19.0. The van der Waals surface area contributed by atoms with Gasteiger partial charge in [-0.2, -0.15) is 0 Å². The van der Waals surface area contributed by atoms with E-state index in [1.807, 2.05) is 0 Å². The molecule has 0 saturated carbocycles. The Hall–Kier alpha value is -4.23. The monoisotopic (exact) mass is 591 g/mol. The van der Waals surface area contributed by atoms with Gasteiger partial charge in [0.15, 0.2) is 5.01 Å². The number of carbonyl (C=O) groups excluding carboxylic acids is 2. The molecule has 1 atom stereocenters. The fourth-order valence-corrected chi connectivity index (χ4v) is 4.94. The minimum absolute atomic E-state index is 0.0615. The molecule has 0 saturated heterocycles. The Labute approximate surface area is 234 Å². The second kappa shape index (κ2) is 11.9. The summed E-state index contributed by atoms with van der Waals surface area (Å²) in [5.41, 5.74) is 5.33. The number of ether oxygens (including phenoxy) is 1. The third-order valence-corrected chi connectivity index (χ3v) is 7.12. The number of halogens is 4. The highest BCUT2D eigenvalue weighted by Gasteiger charge is 2.24. The number of amides is 2. The summed E-state index contributed by atoms with van der Waals surface area (Å²) in [6.45, 7) is 1.68. The molecule has 0 aliphatic heterocycles. The number of pyridine rings is 1. The van der Waals surface area contributed by atoms with Crippen molar-refractivity contribution in [2.45, 2.75) is 25.8 Å². The number of carbonyl (C=O) groups is 2. The van der Waals surface area contributed by atoms with Crippen LogP contribution in [0.1, 0.15) is 41.2 Å². The van der Waals surface area contributed by atoms with Gasteiger partial charge in [0, 0.05) is 27.9 Å². The van der Waals surface area contributed by atoms with E-state index in [1.54, 1.807) is 19.1 Å². The van der Waals surface area contributed by atoms with Gasteiger partial charge in [-0.3, -0.25) is 19.0 Å². The molecule has 14 heteroatoms. The Balaban J connectivity index is 1.73. The van der Waals surface area contributed by atoms with Crippen molar-refractivity contribution in [2.24, 2.45) is 5.73 Å². The maximum atomic E-state index is 14.2. The highest BCUT2D eigenvalue weighted by atomic mass is 35.5. The molecular formula is C26H21ClF3N5O4S. The van der Waals surface area contributed by atoms with E-state index < -0.39 is 40.7 Å². The number of aromatic nitrogens is 3. The summed E-state index contributed by atoms with van der Waals surface area (Å²) in [6, 6.07) is 8.28. The van der Waals surface area contributed by atoms with Crippen molar-refractivity contribution in [3.8, 4) is 27.4 Å². The number of alkyl halides is 2. The van der Waals surface area contributed by atoms with Crippen molar-refractivity contribution in [2.75, 3.05) is 12.4 Å². The predicted octanol–water partition coefficient (Wildman–Crippen LogP) is 5.46. The summed E-state index contributed by atoms with van der Waals surface area (Å²) >= 11 is 6.93. The van der Waals surface area contributed by atoms with E-state index in [0.717, 1.165) is 16.7 Å². The largest absolute Gasteiger partial charge is 0.495 e. The van der Waals surface area contributed by atoms with Crippen LogP contribution in [0.2, 0.25) is 5.02 Å². The van der Waals surface area contributed by atoms with Crippen molar-refractivity contribution in [3.05, 3.63) is 80.4 Å². The minimum Gasteiger partial charge on any atom is -0.495 e. The summed E-state index contributed by atoms with van der Waals surface area (Å²) in [4.78, 5) is 37.7. The molecule has 1 unspecified atom stereocenters. The second-order valence-electron chi connectivity index (χ2n) is 8.41. The summed E-state index contributed by atoms with van der Waals surface area (Å²) in [7, 11) is 1.36. The molecule has 0 aliphatic carbocycles. The zero-order valence-corrected chi connectivity index (χ0v) is 22.5. The lowest BCUT2D eigenvalue weighted by Crippen LogP contribution is -2.32. The van der Waals surface area contributed by atoms with E-state index in [2.05, 4.69) is 15.5 Å². The third kappa shape index (κ3) is 5.84. The van der Waals surface area contributed by atoms with Crippen LogP contribution in [0.15, 0.2) is 53.5 Å². The fraction of sp³-hybridized carbons (Fsp3) is 0.192. The lowest BCUT2D eigenvalue weighted by Gasteiger charge is -2.20. The van der Waals surface area contributed by atoms with E-state index in [-0.39, 0.29) is 34.0 Å². The summed E-state index contributed by atoms with van der Waals surface area (Å²) in [5.74, 6) is -2.30. The number of nitrogens with one attached hydrogen (secondary N) is 1. The van der Waals surface area contributed by atoms with Gasteiger partial charge in [-0.1, -0.05) is 29.9 Å². The number of anilines is 1. The topological polar surface area (TPSA) is 129 Å². The zero-order chi connectivity index (χ0) is 29.1. The van der Waals surface area contributed by atoms with E-state index in [1.165, 1.54) is 31.5 Å². The number of hydrogen-bond acceptors (Lipinski definition) is 7. The molecule has 2 heterocycles. The molecule has 3 N–H and O–H groups in total. The number of hydrogen-bond donors (Lipinski definition) is 2. The van der Waals surface area contributed by atoms with Crippen molar-refractivity contribution in [1.82, 2.24) is 14.8 Å². The Morgan fingerprint density at radius 2 is 1.88 bits per heavy atom. The average Bonchev–Trinajstić information content (AvgIpc) is 3.40. The molecule has 40 heavy (non-hydrogen) atoms. The standard InChI is InChI=1S/C26H21ClF3N5O4S/c1-3-19(24(38)32-13-5-7-15(23(31)37)18(28)9-13)35-11-20(39-2)17(10-21(35)36)16-8-12(27)4-6-14(16)25-33-34-26(40-25)22(29)30/h4-11,19,22H,3H2,1-2H3,(H2,31,37)(H,32,38). The van der Waals surface area contributed by atoms with Gasteiger partial charge in [0.05, 0.1) is 18.9 Å². The molecule has 9 nitrogen and oxygen atoms in total. The molecule has 4 aromatic rings. The minimum atomic E-state index is -2.80. The van der Waals surface area contributed by atoms with E-state index in [0.29, 0.717) is 27.5 Å². The predicted molar refractivity (Wildman–Crippen MR) is 144 cm³/mol. The van der Waals surface area contributed by atoms with E-state index in [9.17, 15) is 27.6 Å². The van der Waals surface area contributed by atoms with Crippen molar-refractivity contribution in [1.29, 1.82) is 0 Å². The van der Waals surface area contributed by atoms with Crippen LogP contribution in [0.3, 0.4) is 0 Å². The van der Waals surface area contributed by atoms with Crippen LogP contribution < -0.4 is 21.3 Å². The van der Waals surface area contributed by atoms with Crippen LogP contribution in [0.25, 0.3) is 21.7 Å². The van der Waals surface area contributed by atoms with Crippen LogP contribution in [0.5, 0.6) is 5.75 Å². The zero-order valence-electron chi connectivity index (χ0n) is 21.0. The molecule has 2 aromatic carbocycles. The van der Waals surface area contributed by atoms with Gasteiger partial charge in [-0.25, -0.2) is 13.2 Å². The average molecular weight is 592 g/mol. The van der Waals surface area contributed by atoms with Crippen LogP contribution >= 0.6 is 22.9 Å². The van der Waals surface area contributed by atoms with Gasteiger partial charge in [-0.05, 0) is 48.4 Å². The molecule has 2 amide bonds. The molecule has 0 spiro atoms. The molecule has 2 aromatic heterocycles. The SMILES string of the molecule is CCC(C(=O)Nc1ccc(C(N)=O)c(F)c1)n1cc(OC)c(-c2cc(Cl)ccc2-c2nnc(C(F)F)s2)cc1=O. The number of nitrogens with zero attached hydrogens (tertiary/aromatic N) is 3. The van der Waals surface area contributed by atoms with E-state index >= 15 is 0 Å². The molecule has 0 bridgehead atoms. The van der Waals surface area contributed by atoms with Crippen LogP contribution in [0.4, 0.5) is 18.9 Å². The van der Waals surface area contributed by atoms with Gasteiger partial charge in [-0.15, -0.1) is 10.2 Å². The first-order valence-electron chi connectivity index (χ1n) is 11.7.